The van der Waals surface area contributed by atoms with Crippen molar-refractivity contribution < 1.29 is 19.3 Å². The SMILES string of the molecule is O=C(c1ccc([N+](=O)[O-])cc1)[C@@H]1[C@H](C(=O)c2cccs2)[C@]2(C(=O)Nc3ccccc32)[C@@H]2C=Cc3ccccc3N12. The molecule has 8 nitrogen and oxygen atoms in total. The third kappa shape index (κ3) is 3.21. The molecule has 0 unspecified atom stereocenters. The van der Waals surface area contributed by atoms with Crippen molar-refractivity contribution in [2.45, 2.75) is 17.5 Å². The molecule has 3 aliphatic rings. The molecule has 3 aliphatic heterocycles. The number of nitro benzene ring substituents is 1. The van der Waals surface area contributed by atoms with E-state index >= 15 is 0 Å². The van der Waals surface area contributed by atoms with Gasteiger partial charge in [-0.1, -0.05) is 54.6 Å². The zero-order valence-corrected chi connectivity index (χ0v) is 21.7. The Morgan fingerprint density at radius 3 is 2.42 bits per heavy atom. The van der Waals surface area contributed by atoms with Gasteiger partial charge in [0, 0.05) is 29.1 Å². The Labute approximate surface area is 232 Å². The van der Waals surface area contributed by atoms with E-state index in [0.29, 0.717) is 16.1 Å². The number of carbonyl (C=O) groups is 3. The molecule has 196 valence electrons. The van der Waals surface area contributed by atoms with Crippen molar-refractivity contribution in [3.63, 3.8) is 0 Å². The van der Waals surface area contributed by atoms with E-state index in [1.807, 2.05) is 65.6 Å². The monoisotopic (exact) mass is 547 g/mol. The van der Waals surface area contributed by atoms with Crippen LogP contribution in [0.3, 0.4) is 0 Å². The first-order valence-electron chi connectivity index (χ1n) is 12.8. The molecule has 1 saturated heterocycles. The maximum atomic E-state index is 14.5. The van der Waals surface area contributed by atoms with Crippen LogP contribution in [0.2, 0.25) is 0 Å². The fraction of sp³-hybridized carbons (Fsp3) is 0.129. The van der Waals surface area contributed by atoms with E-state index in [0.717, 1.165) is 11.3 Å². The van der Waals surface area contributed by atoms with Crippen LogP contribution in [0.1, 0.15) is 31.2 Å². The van der Waals surface area contributed by atoms with Crippen molar-refractivity contribution in [2.75, 3.05) is 10.2 Å². The number of amides is 1. The Kier molecular flexibility index (Phi) is 5.33. The predicted octanol–water partition coefficient (Wildman–Crippen LogP) is 5.51. The summed E-state index contributed by atoms with van der Waals surface area (Å²) in [5, 5.41) is 16.1. The minimum atomic E-state index is -1.39. The lowest BCUT2D eigenvalue weighted by Gasteiger charge is -2.37. The highest BCUT2D eigenvalue weighted by molar-refractivity contribution is 7.12. The number of nitrogens with one attached hydrogen (secondary N) is 1. The summed E-state index contributed by atoms with van der Waals surface area (Å²) < 4.78 is 0. The van der Waals surface area contributed by atoms with Crippen molar-refractivity contribution in [3.8, 4) is 0 Å². The van der Waals surface area contributed by atoms with Crippen LogP contribution in [0.25, 0.3) is 6.08 Å². The zero-order chi connectivity index (χ0) is 27.6. The molecule has 3 aromatic carbocycles. The molecule has 0 aliphatic carbocycles. The Balaban J connectivity index is 1.51. The predicted molar refractivity (Wildman–Crippen MR) is 152 cm³/mol. The molecule has 0 saturated carbocycles. The maximum absolute atomic E-state index is 14.5. The molecule has 7 rings (SSSR count). The number of ketones is 2. The highest BCUT2D eigenvalue weighted by atomic mass is 32.1. The van der Waals surface area contributed by atoms with E-state index in [1.165, 1.54) is 35.6 Å². The highest BCUT2D eigenvalue weighted by Gasteiger charge is 2.70. The number of para-hydroxylation sites is 2. The van der Waals surface area contributed by atoms with Gasteiger partial charge in [0.05, 0.1) is 21.8 Å². The summed E-state index contributed by atoms with van der Waals surface area (Å²) in [4.78, 5) is 56.4. The first-order chi connectivity index (χ1) is 19.4. The molecular weight excluding hydrogens is 526 g/mol. The zero-order valence-electron chi connectivity index (χ0n) is 20.9. The van der Waals surface area contributed by atoms with E-state index in [-0.39, 0.29) is 28.7 Å². The maximum Gasteiger partial charge on any atom is 0.269 e. The summed E-state index contributed by atoms with van der Waals surface area (Å²) in [7, 11) is 0. The minimum Gasteiger partial charge on any atom is -0.352 e. The lowest BCUT2D eigenvalue weighted by Crippen LogP contribution is -2.51. The van der Waals surface area contributed by atoms with Gasteiger partial charge in [-0.15, -0.1) is 11.3 Å². The van der Waals surface area contributed by atoms with Crippen molar-refractivity contribution in [3.05, 3.63) is 128 Å². The number of carbonyl (C=O) groups excluding carboxylic acids is 3. The van der Waals surface area contributed by atoms with E-state index in [9.17, 15) is 24.5 Å². The second kappa shape index (κ2) is 8.82. The minimum absolute atomic E-state index is 0.140. The molecule has 40 heavy (non-hydrogen) atoms. The molecule has 1 N–H and O–H groups in total. The molecule has 4 aromatic rings. The number of non-ortho nitro benzene ring substituents is 1. The average molecular weight is 548 g/mol. The van der Waals surface area contributed by atoms with E-state index < -0.39 is 28.3 Å². The Morgan fingerprint density at radius 2 is 1.68 bits per heavy atom. The number of Topliss-reactive ketones (excluding diaryl/α,β-unsaturated/α-hetero) is 2. The number of nitrogens with zero attached hydrogens (tertiary/aromatic N) is 2. The van der Waals surface area contributed by atoms with Gasteiger partial charge in [0.25, 0.3) is 5.69 Å². The molecule has 0 radical (unpaired) electrons. The molecule has 4 atom stereocenters. The summed E-state index contributed by atoms with van der Waals surface area (Å²) in [6.07, 6.45) is 3.86. The number of fused-ring (bicyclic) bond motifs is 6. The molecule has 1 amide bonds. The molecule has 0 bridgehead atoms. The second-order valence-electron chi connectivity index (χ2n) is 10.1. The first-order valence-corrected chi connectivity index (χ1v) is 13.6. The average Bonchev–Trinajstić information content (AvgIpc) is 3.69. The van der Waals surface area contributed by atoms with Gasteiger partial charge in [-0.3, -0.25) is 24.5 Å². The lowest BCUT2D eigenvalue weighted by molar-refractivity contribution is -0.384. The smallest absolute Gasteiger partial charge is 0.269 e. The van der Waals surface area contributed by atoms with E-state index in [2.05, 4.69) is 5.32 Å². The third-order valence-corrected chi connectivity index (χ3v) is 9.10. The number of nitro groups is 1. The fourth-order valence-corrected chi connectivity index (χ4v) is 7.31. The summed E-state index contributed by atoms with van der Waals surface area (Å²) >= 11 is 1.27. The largest absolute Gasteiger partial charge is 0.352 e. The van der Waals surface area contributed by atoms with Gasteiger partial charge >= 0.3 is 0 Å². The van der Waals surface area contributed by atoms with Crippen LogP contribution in [0.5, 0.6) is 0 Å². The number of benzene rings is 3. The fourth-order valence-electron chi connectivity index (χ4n) is 6.61. The Bertz CT molecular complexity index is 1750. The van der Waals surface area contributed by atoms with Gasteiger partial charge in [0.15, 0.2) is 11.6 Å². The van der Waals surface area contributed by atoms with Gasteiger partial charge in [-0.05, 0) is 46.8 Å². The van der Waals surface area contributed by atoms with Crippen LogP contribution < -0.4 is 10.2 Å². The van der Waals surface area contributed by atoms with Crippen LogP contribution in [-0.2, 0) is 10.2 Å². The quantitative estimate of drug-likeness (QED) is 0.200. The van der Waals surface area contributed by atoms with Gasteiger partial charge in [-0.25, -0.2) is 0 Å². The Morgan fingerprint density at radius 1 is 0.925 bits per heavy atom. The van der Waals surface area contributed by atoms with Crippen LogP contribution in [0, 0.1) is 16.0 Å². The van der Waals surface area contributed by atoms with Crippen molar-refractivity contribution in [1.29, 1.82) is 0 Å². The molecule has 1 aromatic heterocycles. The molecular formula is C31H21N3O5S. The molecule has 1 fully saturated rings. The second-order valence-corrected chi connectivity index (χ2v) is 11.0. The summed E-state index contributed by atoms with van der Waals surface area (Å²) in [5.41, 5.74) is 1.61. The number of anilines is 2. The lowest BCUT2D eigenvalue weighted by atomic mass is 9.64. The summed E-state index contributed by atoms with van der Waals surface area (Å²) in [6, 6.07) is 22.1. The third-order valence-electron chi connectivity index (χ3n) is 8.22. The van der Waals surface area contributed by atoms with Gasteiger partial charge in [-0.2, -0.15) is 0 Å². The van der Waals surface area contributed by atoms with Crippen molar-refractivity contribution in [1.82, 2.24) is 0 Å². The van der Waals surface area contributed by atoms with Crippen LogP contribution in [0.15, 0.2) is 96.4 Å². The Hall–Kier alpha value is -4.89. The summed E-state index contributed by atoms with van der Waals surface area (Å²) in [6.45, 7) is 0. The topological polar surface area (TPSA) is 110 Å². The number of hydrogen-bond acceptors (Lipinski definition) is 7. The first kappa shape index (κ1) is 24.2. The number of rotatable bonds is 5. The normalized spacial score (nSPS) is 23.9. The van der Waals surface area contributed by atoms with Crippen molar-refractivity contribution in [2.24, 2.45) is 5.92 Å². The van der Waals surface area contributed by atoms with E-state index in [4.69, 9.17) is 0 Å². The molecule has 1 spiro atoms. The van der Waals surface area contributed by atoms with Gasteiger partial charge < -0.3 is 10.2 Å². The van der Waals surface area contributed by atoms with Crippen LogP contribution in [0.4, 0.5) is 17.1 Å². The molecule has 9 heteroatoms. The number of hydrogen-bond donors (Lipinski definition) is 1. The summed E-state index contributed by atoms with van der Waals surface area (Å²) in [5.74, 6) is -2.07. The van der Waals surface area contributed by atoms with Gasteiger partial charge in [0.1, 0.15) is 11.5 Å². The van der Waals surface area contributed by atoms with E-state index in [1.54, 1.807) is 17.5 Å². The number of thiophene rings is 1. The van der Waals surface area contributed by atoms with Gasteiger partial charge in [0.2, 0.25) is 5.91 Å². The van der Waals surface area contributed by atoms with Crippen LogP contribution >= 0.6 is 11.3 Å². The standard InChI is InChI=1S/C31H21N3O5S/c35-28(19-11-14-20(15-12-19)34(38)39)27-26(29(36)24-10-5-17-40-24)31(21-7-2-3-8-22(21)32-30(31)37)25-16-13-18-6-1-4-9-23(18)33(25)27/h1-17,25-27H,(H,32,37)/t25-,26+,27-,31+/m0/s1. The van der Waals surface area contributed by atoms with Crippen molar-refractivity contribution >= 4 is 51.9 Å². The molecule has 4 heterocycles. The highest BCUT2D eigenvalue weighted by Crippen LogP contribution is 2.58. The van der Waals surface area contributed by atoms with Crippen LogP contribution in [-0.4, -0.2) is 34.5 Å².